The number of carbonyl (C=O) groups is 2. The topological polar surface area (TPSA) is 126 Å². The number of thioether (sulfide) groups is 1. The van der Waals surface area contributed by atoms with Gasteiger partial charge in [-0.25, -0.2) is 9.59 Å². The largest absolute Gasteiger partial charge is 0.452 e. The summed E-state index contributed by atoms with van der Waals surface area (Å²) >= 11 is 1.52. The highest BCUT2D eigenvalue weighted by Crippen LogP contribution is 2.41. The molecular formula is C61H58O12S. The van der Waals surface area contributed by atoms with Gasteiger partial charge >= 0.3 is 11.9 Å². The number of rotatable bonds is 19. The zero-order valence-corrected chi connectivity index (χ0v) is 41.6. The SMILES string of the molecule is Cc1ccc(S[C@@H]2O[C@H](CO[C@@H]3O[C@@H]4CO[C@H](c5ccccc5)O[C@@H]4[C@H](OC(=O)c4ccccc4)[C@H]3OC(=O)c3ccccc3)[C@@H](OCc3ccccc3)[C@H](OCc3ccccc3)[C@H]2OCc2ccccc2)cc1. The van der Waals surface area contributed by atoms with Gasteiger partial charge in [0.2, 0.25) is 0 Å². The Hall–Kier alpha value is -6.49. The van der Waals surface area contributed by atoms with Crippen LogP contribution in [0.3, 0.4) is 0 Å². The Kier molecular flexibility index (Phi) is 17.3. The molecule has 0 bridgehead atoms. The average Bonchev–Trinajstić information content (AvgIpc) is 3.46. The first-order valence-corrected chi connectivity index (χ1v) is 25.8. The Labute approximate surface area is 435 Å². The van der Waals surface area contributed by atoms with Gasteiger partial charge in [0, 0.05) is 10.5 Å². The van der Waals surface area contributed by atoms with E-state index in [0.29, 0.717) is 5.56 Å². The summed E-state index contributed by atoms with van der Waals surface area (Å²) in [5.74, 6) is -1.33. The van der Waals surface area contributed by atoms with Gasteiger partial charge in [0.25, 0.3) is 0 Å². The Balaban J connectivity index is 1.01. The smallest absolute Gasteiger partial charge is 0.338 e. The van der Waals surface area contributed by atoms with Gasteiger partial charge in [0.1, 0.15) is 42.1 Å². The van der Waals surface area contributed by atoms with Crippen LogP contribution in [0.1, 0.15) is 54.8 Å². The third-order valence-electron chi connectivity index (χ3n) is 13.0. The first kappa shape index (κ1) is 51.0. The lowest BCUT2D eigenvalue weighted by Crippen LogP contribution is -2.65. The molecule has 0 saturated carbocycles. The van der Waals surface area contributed by atoms with Gasteiger partial charge < -0.3 is 47.4 Å². The van der Waals surface area contributed by atoms with Crippen molar-refractivity contribution in [1.82, 2.24) is 0 Å². The van der Waals surface area contributed by atoms with Gasteiger partial charge in [-0.15, -0.1) is 0 Å². The van der Waals surface area contributed by atoms with Crippen molar-refractivity contribution >= 4 is 23.7 Å². The van der Waals surface area contributed by atoms with E-state index in [1.807, 2.05) is 134 Å². The molecule has 3 aliphatic rings. The first-order chi connectivity index (χ1) is 36.4. The minimum Gasteiger partial charge on any atom is -0.452 e. The Morgan fingerprint density at radius 2 is 0.959 bits per heavy atom. The van der Waals surface area contributed by atoms with Crippen LogP contribution < -0.4 is 0 Å². The minimum atomic E-state index is -1.36. The molecule has 0 amide bonds. The van der Waals surface area contributed by atoms with Crippen LogP contribution in [0.5, 0.6) is 0 Å². The molecule has 380 valence electrons. The van der Waals surface area contributed by atoms with Crippen molar-refractivity contribution in [2.75, 3.05) is 13.2 Å². The van der Waals surface area contributed by atoms with Crippen molar-refractivity contribution in [1.29, 1.82) is 0 Å². The molecule has 0 aliphatic carbocycles. The van der Waals surface area contributed by atoms with Crippen molar-refractivity contribution < 1.29 is 57.0 Å². The molecule has 7 aromatic carbocycles. The van der Waals surface area contributed by atoms with Crippen molar-refractivity contribution in [3.8, 4) is 0 Å². The summed E-state index contributed by atoms with van der Waals surface area (Å²) in [6.45, 7) is 2.68. The van der Waals surface area contributed by atoms with Crippen LogP contribution in [0.15, 0.2) is 211 Å². The summed E-state index contributed by atoms with van der Waals surface area (Å²) in [4.78, 5) is 29.4. The molecule has 0 aromatic heterocycles. The molecule has 74 heavy (non-hydrogen) atoms. The van der Waals surface area contributed by atoms with Crippen molar-refractivity contribution in [3.63, 3.8) is 0 Å². The molecule has 12 nitrogen and oxygen atoms in total. The second-order valence-electron chi connectivity index (χ2n) is 18.3. The monoisotopic (exact) mass is 1010 g/mol. The molecule has 10 rings (SSSR count). The van der Waals surface area contributed by atoms with E-state index in [0.717, 1.165) is 32.7 Å². The minimum absolute atomic E-state index is 0.0384. The second kappa shape index (κ2) is 25.2. The van der Waals surface area contributed by atoms with Crippen LogP contribution in [-0.2, 0) is 67.2 Å². The Morgan fingerprint density at radius 1 is 0.486 bits per heavy atom. The van der Waals surface area contributed by atoms with Crippen LogP contribution >= 0.6 is 11.8 Å². The van der Waals surface area contributed by atoms with E-state index in [1.54, 1.807) is 54.6 Å². The molecule has 11 atom stereocenters. The number of esters is 2. The lowest BCUT2D eigenvalue weighted by molar-refractivity contribution is -0.363. The number of fused-ring (bicyclic) bond motifs is 1. The molecule has 3 fully saturated rings. The molecule has 0 spiro atoms. The fourth-order valence-corrected chi connectivity index (χ4v) is 10.3. The zero-order valence-electron chi connectivity index (χ0n) is 40.8. The van der Waals surface area contributed by atoms with Gasteiger partial charge in [0.05, 0.1) is 44.2 Å². The number of hydrogen-bond acceptors (Lipinski definition) is 13. The van der Waals surface area contributed by atoms with E-state index in [-0.39, 0.29) is 38.6 Å². The molecule has 3 aliphatic heterocycles. The number of benzene rings is 7. The highest BCUT2D eigenvalue weighted by Gasteiger charge is 2.56. The normalized spacial score (nSPS) is 25.6. The third kappa shape index (κ3) is 13.1. The highest BCUT2D eigenvalue weighted by atomic mass is 32.2. The molecule has 3 saturated heterocycles. The quantitative estimate of drug-likeness (QED) is 0.0714. The van der Waals surface area contributed by atoms with Crippen LogP contribution in [0, 0.1) is 6.92 Å². The van der Waals surface area contributed by atoms with Crippen molar-refractivity contribution in [3.05, 3.63) is 245 Å². The van der Waals surface area contributed by atoms with Gasteiger partial charge in [0.15, 0.2) is 24.8 Å². The molecular weight excluding hydrogens is 957 g/mol. The maximum absolute atomic E-state index is 14.2. The van der Waals surface area contributed by atoms with Crippen LogP contribution in [0.2, 0.25) is 0 Å². The van der Waals surface area contributed by atoms with Crippen LogP contribution in [0.25, 0.3) is 0 Å². The predicted molar refractivity (Wildman–Crippen MR) is 277 cm³/mol. The average molecular weight is 1020 g/mol. The predicted octanol–water partition coefficient (Wildman–Crippen LogP) is 10.9. The summed E-state index contributed by atoms with van der Waals surface area (Å²) in [5.41, 5.74) is 4.68. The standard InChI is InChI=1S/C61H58O12S/c1-41-32-34-48(35-33-41)74-61-56(66-38-44-24-12-4-13-25-44)53(65-37-43-22-10-3-11-23-43)51(64-36-42-20-8-2-9-21-42)49(70-61)39-68-60-55(72-58(63)46-28-16-6-17-29-46)54(71-57(62)45-26-14-5-15-27-45)52-50(69-60)40-67-59(73-52)47-30-18-7-19-31-47/h2-35,49-56,59-61H,36-40H2,1H3/t49-,50-,51-,52+,53+,54+,55-,56-,59+,60-,61+/m1/s1. The lowest BCUT2D eigenvalue weighted by atomic mass is 9.96. The van der Waals surface area contributed by atoms with Crippen molar-refractivity contribution in [2.45, 2.75) is 98.5 Å². The van der Waals surface area contributed by atoms with E-state index in [2.05, 4.69) is 24.3 Å². The number of aryl methyl sites for hydroxylation is 1. The van der Waals surface area contributed by atoms with Crippen molar-refractivity contribution in [2.24, 2.45) is 0 Å². The third-order valence-corrected chi connectivity index (χ3v) is 14.2. The Bertz CT molecular complexity index is 2810. The van der Waals surface area contributed by atoms with Gasteiger partial charge in [-0.3, -0.25) is 0 Å². The highest BCUT2D eigenvalue weighted by molar-refractivity contribution is 7.99. The van der Waals surface area contributed by atoms with E-state index >= 15 is 0 Å². The fourth-order valence-electron chi connectivity index (χ4n) is 9.17. The molecule has 7 aromatic rings. The molecule has 0 unspecified atom stereocenters. The summed E-state index contributed by atoms with van der Waals surface area (Å²) in [6, 6.07) is 64.7. The maximum atomic E-state index is 14.2. The maximum Gasteiger partial charge on any atom is 0.338 e. The molecule has 13 heteroatoms. The second-order valence-corrected chi connectivity index (χ2v) is 19.5. The van der Waals surface area contributed by atoms with E-state index < -0.39 is 78.8 Å². The lowest BCUT2D eigenvalue weighted by Gasteiger charge is -2.49. The summed E-state index contributed by atoms with van der Waals surface area (Å²) in [6.07, 6.45) is -9.58. The number of hydrogen-bond donors (Lipinski definition) is 0. The number of ether oxygens (including phenoxy) is 10. The van der Waals surface area contributed by atoms with E-state index in [1.165, 1.54) is 11.8 Å². The first-order valence-electron chi connectivity index (χ1n) is 24.9. The van der Waals surface area contributed by atoms with Crippen LogP contribution in [-0.4, -0.2) is 85.7 Å². The summed E-state index contributed by atoms with van der Waals surface area (Å²) in [7, 11) is 0. The Morgan fingerprint density at radius 3 is 1.50 bits per heavy atom. The van der Waals surface area contributed by atoms with Gasteiger partial charge in [-0.2, -0.15) is 0 Å². The fraction of sp³-hybridized carbons (Fsp3) is 0.279. The molecule has 0 radical (unpaired) electrons. The van der Waals surface area contributed by atoms with E-state index in [4.69, 9.17) is 47.4 Å². The molecule has 0 N–H and O–H groups in total. The zero-order chi connectivity index (χ0) is 50.5. The van der Waals surface area contributed by atoms with Gasteiger partial charge in [-0.1, -0.05) is 187 Å². The van der Waals surface area contributed by atoms with E-state index in [9.17, 15) is 9.59 Å². The van der Waals surface area contributed by atoms with Gasteiger partial charge in [-0.05, 0) is 60.0 Å². The molecule has 3 heterocycles. The van der Waals surface area contributed by atoms with Crippen LogP contribution in [0.4, 0.5) is 0 Å². The summed E-state index contributed by atoms with van der Waals surface area (Å²) < 4.78 is 67.6. The summed E-state index contributed by atoms with van der Waals surface area (Å²) in [5, 5.41) is 0. The number of carbonyl (C=O) groups excluding carboxylic acids is 2.